The number of amides is 1. The van der Waals surface area contributed by atoms with E-state index in [1.54, 1.807) is 0 Å². The second-order valence-corrected chi connectivity index (χ2v) is 6.62. The van der Waals surface area contributed by atoms with E-state index in [1.807, 2.05) is 30.0 Å². The summed E-state index contributed by atoms with van der Waals surface area (Å²) in [5.74, 6) is 0.225. The molecule has 2 aliphatic heterocycles. The van der Waals surface area contributed by atoms with Gasteiger partial charge >= 0.3 is 0 Å². The number of β-amino-alcohol motifs (C(OH)–C–C–N with tert-alkyl or cyclic N) is 1. The average Bonchev–Trinajstić information content (AvgIpc) is 2.82. The van der Waals surface area contributed by atoms with Crippen LogP contribution in [-0.4, -0.2) is 52.1 Å². The molecule has 2 heterocycles. The van der Waals surface area contributed by atoms with Crippen LogP contribution >= 0.6 is 0 Å². The van der Waals surface area contributed by atoms with E-state index < -0.39 is 5.60 Å². The molecule has 0 radical (unpaired) electrons. The number of carbonyl (C=O) groups is 1. The van der Waals surface area contributed by atoms with Gasteiger partial charge in [-0.25, -0.2) is 0 Å². The largest absolute Gasteiger partial charge is 0.389 e. The van der Waals surface area contributed by atoms with Gasteiger partial charge in [-0.15, -0.1) is 0 Å². The summed E-state index contributed by atoms with van der Waals surface area (Å²) in [6, 6.07) is 10.1. The van der Waals surface area contributed by atoms with E-state index in [4.69, 9.17) is 0 Å². The minimum Gasteiger partial charge on any atom is -0.389 e. The van der Waals surface area contributed by atoms with Crippen molar-refractivity contribution in [3.05, 3.63) is 35.9 Å². The maximum absolute atomic E-state index is 12.7. The predicted molar refractivity (Wildman–Crippen MR) is 81.7 cm³/mol. The molecule has 2 saturated heterocycles. The lowest BCUT2D eigenvalue weighted by molar-refractivity contribution is -0.140. The second kappa shape index (κ2) is 5.78. The zero-order valence-electron chi connectivity index (χ0n) is 12.7. The third-order valence-corrected chi connectivity index (χ3v) is 4.64. The molecular formula is C17H24N2O2. The smallest absolute Gasteiger partial charge is 0.240 e. The molecule has 0 saturated carbocycles. The number of carbonyl (C=O) groups excluding carboxylic acids is 1. The maximum atomic E-state index is 12.7. The summed E-state index contributed by atoms with van der Waals surface area (Å²) in [6.07, 6.45) is 2.72. The number of hydrogen-bond acceptors (Lipinski definition) is 3. The van der Waals surface area contributed by atoms with Gasteiger partial charge in [-0.1, -0.05) is 30.3 Å². The lowest BCUT2D eigenvalue weighted by atomic mass is 10.0. The Labute approximate surface area is 126 Å². The highest BCUT2D eigenvalue weighted by Crippen LogP contribution is 2.27. The van der Waals surface area contributed by atoms with E-state index in [-0.39, 0.29) is 11.9 Å². The van der Waals surface area contributed by atoms with E-state index in [9.17, 15) is 9.90 Å². The lowest BCUT2D eigenvalue weighted by Crippen LogP contribution is -2.52. The Balaban J connectivity index is 1.67. The molecule has 4 heteroatoms. The molecular weight excluding hydrogens is 264 g/mol. The van der Waals surface area contributed by atoms with Crippen LogP contribution in [0.1, 0.15) is 31.7 Å². The molecule has 21 heavy (non-hydrogen) atoms. The van der Waals surface area contributed by atoms with Crippen molar-refractivity contribution in [1.82, 2.24) is 9.80 Å². The van der Waals surface area contributed by atoms with Gasteiger partial charge < -0.3 is 10.0 Å². The Hall–Kier alpha value is -1.39. The van der Waals surface area contributed by atoms with Crippen LogP contribution in [0.15, 0.2) is 30.3 Å². The van der Waals surface area contributed by atoms with Crippen molar-refractivity contribution in [1.29, 1.82) is 0 Å². The number of benzene rings is 1. The van der Waals surface area contributed by atoms with Gasteiger partial charge in [0.25, 0.3) is 0 Å². The first-order valence-corrected chi connectivity index (χ1v) is 7.84. The predicted octanol–water partition coefficient (Wildman–Crippen LogP) is 1.63. The van der Waals surface area contributed by atoms with Gasteiger partial charge in [0, 0.05) is 26.2 Å². The highest BCUT2D eigenvalue weighted by atomic mass is 16.3. The Bertz CT molecular complexity index is 501. The van der Waals surface area contributed by atoms with Crippen molar-refractivity contribution in [2.45, 2.75) is 44.4 Å². The van der Waals surface area contributed by atoms with E-state index in [1.165, 1.54) is 5.56 Å². The Kier molecular flexibility index (Phi) is 4.00. The monoisotopic (exact) mass is 288 g/mol. The minimum absolute atomic E-state index is 0.0450. The van der Waals surface area contributed by atoms with Crippen LogP contribution < -0.4 is 0 Å². The van der Waals surface area contributed by atoms with Crippen LogP contribution in [0.5, 0.6) is 0 Å². The van der Waals surface area contributed by atoms with E-state index >= 15 is 0 Å². The number of hydrogen-bond donors (Lipinski definition) is 1. The fourth-order valence-corrected chi connectivity index (χ4v) is 3.47. The highest BCUT2D eigenvalue weighted by Gasteiger charge is 2.40. The zero-order valence-corrected chi connectivity index (χ0v) is 12.7. The van der Waals surface area contributed by atoms with Gasteiger partial charge in [0.2, 0.25) is 5.91 Å². The van der Waals surface area contributed by atoms with Gasteiger partial charge in [-0.05, 0) is 31.7 Å². The molecule has 2 fully saturated rings. The normalized spacial score (nSPS) is 30.9. The molecule has 1 aromatic rings. The molecule has 2 aliphatic rings. The molecule has 3 rings (SSSR count). The molecule has 1 amide bonds. The fourth-order valence-electron chi connectivity index (χ4n) is 3.47. The SMILES string of the molecule is CC1(O)CCN(C2CCCN(Cc3ccccc3)C2=O)C1. The van der Waals surface area contributed by atoms with Gasteiger partial charge in [0.15, 0.2) is 0 Å². The van der Waals surface area contributed by atoms with E-state index in [0.717, 1.165) is 32.4 Å². The van der Waals surface area contributed by atoms with Crippen molar-refractivity contribution in [3.63, 3.8) is 0 Å². The second-order valence-electron chi connectivity index (χ2n) is 6.62. The molecule has 4 nitrogen and oxygen atoms in total. The summed E-state index contributed by atoms with van der Waals surface area (Å²) in [4.78, 5) is 16.9. The van der Waals surface area contributed by atoms with Crippen molar-refractivity contribution < 1.29 is 9.90 Å². The summed E-state index contributed by atoms with van der Waals surface area (Å²) >= 11 is 0. The first kappa shape index (κ1) is 14.5. The van der Waals surface area contributed by atoms with Crippen molar-refractivity contribution in [2.75, 3.05) is 19.6 Å². The van der Waals surface area contributed by atoms with Gasteiger partial charge in [-0.3, -0.25) is 9.69 Å². The zero-order chi connectivity index (χ0) is 14.9. The number of rotatable bonds is 3. The number of piperidine rings is 1. The fraction of sp³-hybridized carbons (Fsp3) is 0.588. The summed E-state index contributed by atoms with van der Waals surface area (Å²) in [5.41, 5.74) is 0.544. The first-order valence-electron chi connectivity index (χ1n) is 7.84. The summed E-state index contributed by atoms with van der Waals surface area (Å²) in [7, 11) is 0. The standard InChI is InChI=1S/C17H24N2O2/c1-17(21)9-11-19(13-17)15-8-5-10-18(16(15)20)12-14-6-3-2-4-7-14/h2-4,6-7,15,21H,5,8-13H2,1H3. The van der Waals surface area contributed by atoms with Crippen molar-refractivity contribution in [2.24, 2.45) is 0 Å². The summed E-state index contributed by atoms with van der Waals surface area (Å²) < 4.78 is 0. The Morgan fingerprint density at radius 2 is 2.05 bits per heavy atom. The number of aliphatic hydroxyl groups is 1. The van der Waals surface area contributed by atoms with Gasteiger partial charge in [0.05, 0.1) is 11.6 Å². The molecule has 1 aromatic carbocycles. The van der Waals surface area contributed by atoms with Crippen LogP contribution in [0, 0.1) is 0 Å². The van der Waals surface area contributed by atoms with Gasteiger partial charge in [-0.2, -0.15) is 0 Å². The Morgan fingerprint density at radius 1 is 1.29 bits per heavy atom. The van der Waals surface area contributed by atoms with Crippen LogP contribution in [0.3, 0.4) is 0 Å². The summed E-state index contributed by atoms with van der Waals surface area (Å²) in [6.45, 7) is 4.84. The lowest BCUT2D eigenvalue weighted by Gasteiger charge is -2.37. The minimum atomic E-state index is -0.637. The van der Waals surface area contributed by atoms with Crippen molar-refractivity contribution in [3.8, 4) is 0 Å². The molecule has 0 spiro atoms. The van der Waals surface area contributed by atoms with E-state index in [0.29, 0.717) is 13.1 Å². The molecule has 114 valence electrons. The van der Waals surface area contributed by atoms with Crippen LogP contribution in [0.4, 0.5) is 0 Å². The number of nitrogens with zero attached hydrogens (tertiary/aromatic N) is 2. The molecule has 0 aliphatic carbocycles. The number of likely N-dealkylation sites (tertiary alicyclic amines) is 2. The van der Waals surface area contributed by atoms with Crippen LogP contribution in [0.25, 0.3) is 0 Å². The maximum Gasteiger partial charge on any atom is 0.240 e. The van der Waals surface area contributed by atoms with E-state index in [2.05, 4.69) is 17.0 Å². The topological polar surface area (TPSA) is 43.8 Å². The molecule has 2 atom stereocenters. The molecule has 1 N–H and O–H groups in total. The highest BCUT2D eigenvalue weighted by molar-refractivity contribution is 5.82. The molecule has 0 bridgehead atoms. The third kappa shape index (κ3) is 3.27. The van der Waals surface area contributed by atoms with Crippen LogP contribution in [0.2, 0.25) is 0 Å². The van der Waals surface area contributed by atoms with Gasteiger partial charge in [0.1, 0.15) is 0 Å². The Morgan fingerprint density at radius 3 is 2.71 bits per heavy atom. The van der Waals surface area contributed by atoms with Crippen LogP contribution in [-0.2, 0) is 11.3 Å². The summed E-state index contributed by atoms with van der Waals surface area (Å²) in [5, 5.41) is 10.1. The quantitative estimate of drug-likeness (QED) is 0.919. The first-order chi connectivity index (χ1) is 10.1. The average molecular weight is 288 g/mol. The molecule has 2 unspecified atom stereocenters. The molecule has 0 aromatic heterocycles. The third-order valence-electron chi connectivity index (χ3n) is 4.64. The van der Waals surface area contributed by atoms with Crippen molar-refractivity contribution >= 4 is 5.91 Å².